The summed E-state index contributed by atoms with van der Waals surface area (Å²) in [5.74, 6) is -0.0565. The number of ether oxygens (including phenoxy) is 1. The number of aliphatic hydroxyl groups excluding tert-OH is 2. The average molecular weight is 1140 g/mol. The van der Waals surface area contributed by atoms with Crippen molar-refractivity contribution >= 4 is 11.9 Å². The van der Waals surface area contributed by atoms with Crippen LogP contribution in [0.5, 0.6) is 0 Å². The standard InChI is InChI=1S/C75H143NO5/c1-3-5-7-9-11-13-15-17-19-20-21-22-31-34-37-40-43-47-51-55-59-63-67-73(78)72(71-77)76-74(79)68-64-60-56-52-48-44-41-38-35-32-29-27-25-23-24-26-28-30-33-36-39-42-46-50-54-58-62-66-70-81-75(80)69-65-61-57-53-49-45-18-16-14-12-10-8-6-4-2/h10,12,16,18,63,67,72-73,77-78H,3-9,11,13-15,17,19-62,64-66,68-71H2,1-2H3,(H,76,79)/b12-10-,18-16-,67-63+. The molecule has 3 N–H and O–H groups in total. The third-order valence-electron chi connectivity index (χ3n) is 17.2. The summed E-state index contributed by atoms with van der Waals surface area (Å²) in [4.78, 5) is 24.6. The van der Waals surface area contributed by atoms with Crippen LogP contribution in [0.1, 0.15) is 406 Å². The number of esters is 1. The third-order valence-corrected chi connectivity index (χ3v) is 17.2. The van der Waals surface area contributed by atoms with Crippen molar-refractivity contribution in [1.82, 2.24) is 5.32 Å². The SMILES string of the molecule is CCCC/C=C\C/C=C\CCCCCCCC(=O)OCCCCCCCCCCCCCCCCCCCCCCCCCCCCCCC(=O)NC(CO)C(O)/C=C/CCCCCCCCCCCCCCCCCCCCCC. The molecular weight excluding hydrogens is 995 g/mol. The van der Waals surface area contributed by atoms with E-state index in [0.717, 1.165) is 51.4 Å². The van der Waals surface area contributed by atoms with Gasteiger partial charge in [0, 0.05) is 12.8 Å². The van der Waals surface area contributed by atoms with Gasteiger partial charge in [-0.15, -0.1) is 0 Å². The molecule has 0 rings (SSSR count). The van der Waals surface area contributed by atoms with Crippen molar-refractivity contribution in [3.05, 3.63) is 36.5 Å². The highest BCUT2D eigenvalue weighted by atomic mass is 16.5. The molecule has 2 unspecified atom stereocenters. The van der Waals surface area contributed by atoms with Crippen molar-refractivity contribution in [2.45, 2.75) is 418 Å². The molecule has 0 aromatic heterocycles. The number of nitrogens with one attached hydrogen (secondary N) is 1. The molecule has 0 spiro atoms. The van der Waals surface area contributed by atoms with Gasteiger partial charge in [0.05, 0.1) is 25.4 Å². The molecule has 0 aliphatic heterocycles. The molecule has 0 aliphatic rings. The molecule has 0 fully saturated rings. The van der Waals surface area contributed by atoms with Gasteiger partial charge >= 0.3 is 5.97 Å². The van der Waals surface area contributed by atoms with Crippen LogP contribution in [0.25, 0.3) is 0 Å². The first-order valence-corrected chi connectivity index (χ1v) is 36.8. The average Bonchev–Trinajstić information content (AvgIpc) is 3.47. The number of allylic oxidation sites excluding steroid dienone is 5. The van der Waals surface area contributed by atoms with Gasteiger partial charge in [0.1, 0.15) is 0 Å². The maximum absolute atomic E-state index is 12.5. The van der Waals surface area contributed by atoms with E-state index in [4.69, 9.17) is 4.74 Å². The van der Waals surface area contributed by atoms with E-state index in [2.05, 4.69) is 43.5 Å². The lowest BCUT2D eigenvalue weighted by Gasteiger charge is -2.20. The molecule has 0 heterocycles. The number of unbranched alkanes of at least 4 members (excludes halogenated alkanes) is 54. The normalized spacial score (nSPS) is 12.7. The Morgan fingerprint density at radius 2 is 0.630 bits per heavy atom. The van der Waals surface area contributed by atoms with Crippen LogP contribution in [0.4, 0.5) is 0 Å². The summed E-state index contributed by atoms with van der Waals surface area (Å²) in [7, 11) is 0. The van der Waals surface area contributed by atoms with Crippen LogP contribution in [0.3, 0.4) is 0 Å². The number of hydrogen-bond acceptors (Lipinski definition) is 5. The Morgan fingerprint density at radius 3 is 0.975 bits per heavy atom. The first kappa shape index (κ1) is 79.1. The zero-order valence-corrected chi connectivity index (χ0v) is 54.8. The number of rotatable bonds is 69. The van der Waals surface area contributed by atoms with Gasteiger partial charge in [0.15, 0.2) is 0 Å². The molecule has 0 aromatic rings. The minimum absolute atomic E-state index is 0.00428. The molecular formula is C75H143NO5. The Bertz CT molecular complexity index is 1310. The predicted molar refractivity (Wildman–Crippen MR) is 356 cm³/mol. The summed E-state index contributed by atoms with van der Waals surface area (Å²) in [6.45, 7) is 4.90. The zero-order valence-electron chi connectivity index (χ0n) is 54.8. The smallest absolute Gasteiger partial charge is 0.305 e. The topological polar surface area (TPSA) is 95.9 Å². The van der Waals surface area contributed by atoms with Crippen LogP contribution in [0, 0.1) is 0 Å². The van der Waals surface area contributed by atoms with Crippen molar-refractivity contribution in [2.24, 2.45) is 0 Å². The molecule has 0 saturated carbocycles. The molecule has 6 nitrogen and oxygen atoms in total. The van der Waals surface area contributed by atoms with Gasteiger partial charge < -0.3 is 20.3 Å². The Labute approximate surface area is 506 Å². The lowest BCUT2D eigenvalue weighted by atomic mass is 10.0. The summed E-state index contributed by atoms with van der Waals surface area (Å²) < 4.78 is 5.48. The highest BCUT2D eigenvalue weighted by molar-refractivity contribution is 5.76. The Morgan fingerprint density at radius 1 is 0.346 bits per heavy atom. The zero-order chi connectivity index (χ0) is 58.5. The minimum atomic E-state index is -0.844. The van der Waals surface area contributed by atoms with Crippen LogP contribution < -0.4 is 5.32 Å². The first-order chi connectivity index (χ1) is 40.0. The van der Waals surface area contributed by atoms with E-state index in [-0.39, 0.29) is 18.5 Å². The number of carbonyl (C=O) groups excluding carboxylic acids is 2. The van der Waals surface area contributed by atoms with Crippen molar-refractivity contribution in [1.29, 1.82) is 0 Å². The lowest BCUT2D eigenvalue weighted by molar-refractivity contribution is -0.143. The fourth-order valence-corrected chi connectivity index (χ4v) is 11.5. The van der Waals surface area contributed by atoms with Crippen LogP contribution in [0.2, 0.25) is 0 Å². The first-order valence-electron chi connectivity index (χ1n) is 36.8. The fourth-order valence-electron chi connectivity index (χ4n) is 11.5. The number of aliphatic hydroxyl groups is 2. The van der Waals surface area contributed by atoms with Gasteiger partial charge in [-0.05, 0) is 57.8 Å². The van der Waals surface area contributed by atoms with Gasteiger partial charge in [-0.2, -0.15) is 0 Å². The Kier molecular flexibility index (Phi) is 68.9. The summed E-state index contributed by atoms with van der Waals surface area (Å²) in [5, 5.41) is 23.3. The van der Waals surface area contributed by atoms with E-state index >= 15 is 0 Å². The molecule has 0 saturated heterocycles. The van der Waals surface area contributed by atoms with Gasteiger partial charge in [0.25, 0.3) is 0 Å². The molecule has 478 valence electrons. The second-order valence-electron chi connectivity index (χ2n) is 25.3. The van der Waals surface area contributed by atoms with Crippen molar-refractivity contribution in [3.63, 3.8) is 0 Å². The van der Waals surface area contributed by atoms with Crippen LogP contribution in [-0.2, 0) is 14.3 Å². The molecule has 0 bridgehead atoms. The number of amides is 1. The second kappa shape index (κ2) is 70.6. The quantitative estimate of drug-likeness (QED) is 0.0320. The monoisotopic (exact) mass is 1140 g/mol. The van der Waals surface area contributed by atoms with Crippen molar-refractivity contribution < 1.29 is 24.5 Å². The highest BCUT2D eigenvalue weighted by Crippen LogP contribution is 2.19. The van der Waals surface area contributed by atoms with E-state index in [9.17, 15) is 19.8 Å². The van der Waals surface area contributed by atoms with Crippen molar-refractivity contribution in [3.8, 4) is 0 Å². The predicted octanol–water partition coefficient (Wildman–Crippen LogP) is 23.9. The Balaban J connectivity index is 3.38. The summed E-state index contributed by atoms with van der Waals surface area (Å²) in [6.07, 6.45) is 90.9. The maximum atomic E-state index is 12.5. The molecule has 1 amide bonds. The summed E-state index contributed by atoms with van der Waals surface area (Å²) >= 11 is 0. The fraction of sp³-hybridized carbons (Fsp3) is 0.893. The molecule has 0 aliphatic carbocycles. The summed E-state index contributed by atoms with van der Waals surface area (Å²) in [5.41, 5.74) is 0. The van der Waals surface area contributed by atoms with Gasteiger partial charge in [-0.1, -0.05) is 371 Å². The van der Waals surface area contributed by atoms with E-state index in [1.54, 1.807) is 6.08 Å². The second-order valence-corrected chi connectivity index (χ2v) is 25.3. The maximum Gasteiger partial charge on any atom is 0.305 e. The van der Waals surface area contributed by atoms with Crippen LogP contribution in [0.15, 0.2) is 36.5 Å². The minimum Gasteiger partial charge on any atom is -0.466 e. The van der Waals surface area contributed by atoms with E-state index in [1.807, 2.05) is 6.08 Å². The Hall–Kier alpha value is -1.92. The highest BCUT2D eigenvalue weighted by Gasteiger charge is 2.18. The van der Waals surface area contributed by atoms with E-state index in [1.165, 1.54) is 327 Å². The number of carbonyl (C=O) groups is 2. The molecule has 0 aromatic carbocycles. The molecule has 81 heavy (non-hydrogen) atoms. The summed E-state index contributed by atoms with van der Waals surface area (Å²) in [6, 6.07) is -0.627. The van der Waals surface area contributed by atoms with Crippen LogP contribution >= 0.6 is 0 Å². The van der Waals surface area contributed by atoms with Gasteiger partial charge in [-0.25, -0.2) is 0 Å². The van der Waals surface area contributed by atoms with E-state index < -0.39 is 12.1 Å². The molecule has 2 atom stereocenters. The lowest BCUT2D eigenvalue weighted by Crippen LogP contribution is -2.45. The van der Waals surface area contributed by atoms with Crippen LogP contribution in [-0.4, -0.2) is 47.4 Å². The van der Waals surface area contributed by atoms with E-state index in [0.29, 0.717) is 19.4 Å². The third kappa shape index (κ3) is 67.1. The van der Waals surface area contributed by atoms with Gasteiger partial charge in [-0.3, -0.25) is 9.59 Å². The molecule has 0 radical (unpaired) electrons. The number of hydrogen-bond donors (Lipinski definition) is 3. The largest absolute Gasteiger partial charge is 0.466 e. The van der Waals surface area contributed by atoms with Crippen molar-refractivity contribution in [2.75, 3.05) is 13.2 Å². The van der Waals surface area contributed by atoms with Gasteiger partial charge in [0.2, 0.25) is 5.91 Å². The molecule has 6 heteroatoms.